The number of hydrogen-bond acceptors (Lipinski definition) is 8. The van der Waals surface area contributed by atoms with Crippen LogP contribution in [0.25, 0.3) is 32.7 Å². The Morgan fingerprint density at radius 3 is 2.42 bits per heavy atom. The minimum Gasteiger partial charge on any atom is -0.497 e. The topological polar surface area (TPSA) is 129 Å². The summed E-state index contributed by atoms with van der Waals surface area (Å²) in [5.41, 5.74) is 2.65. The summed E-state index contributed by atoms with van der Waals surface area (Å²) in [5, 5.41) is 4.27. The van der Waals surface area contributed by atoms with Crippen LogP contribution in [0.3, 0.4) is 0 Å². The van der Waals surface area contributed by atoms with E-state index in [9.17, 15) is 19.2 Å². The molecule has 3 heterocycles. The largest absolute Gasteiger partial charge is 0.497 e. The van der Waals surface area contributed by atoms with E-state index in [4.69, 9.17) is 9.26 Å². The number of hydrogen-bond donors (Lipinski definition) is 1. The van der Waals surface area contributed by atoms with Gasteiger partial charge in [-0.1, -0.05) is 65.8 Å². The van der Waals surface area contributed by atoms with Crippen LogP contribution in [0.4, 0.5) is 0 Å². The van der Waals surface area contributed by atoms with E-state index in [0.717, 1.165) is 39.0 Å². The number of methoxy groups -OCH3 is 1. The van der Waals surface area contributed by atoms with Crippen molar-refractivity contribution in [1.82, 2.24) is 19.3 Å². The number of Topliss-reactive ketones (excluding diaryl/α,β-unsaturated/α-hetero) is 1. The average molecular weight is 646 g/mol. The molecule has 12 heteroatoms. The van der Waals surface area contributed by atoms with Crippen LogP contribution >= 0.6 is 11.3 Å². The Morgan fingerprint density at radius 1 is 0.978 bits per heavy atom. The van der Waals surface area contributed by atoms with Crippen LogP contribution in [0, 0.1) is 0 Å². The fraction of sp³-hybridized carbons (Fsp3) is 0.182. The summed E-state index contributed by atoms with van der Waals surface area (Å²) in [4.78, 5) is 56.5. The number of nitrogens with one attached hydrogen (secondary N) is 1. The number of ether oxygens (including phenoxy) is 1. The monoisotopic (exact) mass is 645 g/mol. The zero-order chi connectivity index (χ0) is 30.4. The molecule has 0 bridgehead atoms. The first-order valence-electron chi connectivity index (χ1n) is 14.1. The number of aromatic amines is 1. The van der Waals surface area contributed by atoms with Gasteiger partial charge >= 0.3 is 11.4 Å². The predicted octanol–water partition coefficient (Wildman–Crippen LogP) is 4.67. The second kappa shape index (κ2) is 13.0. The van der Waals surface area contributed by atoms with Gasteiger partial charge in [0.05, 0.1) is 25.6 Å². The van der Waals surface area contributed by atoms with E-state index < -0.39 is 17.0 Å². The normalized spacial score (nSPS) is 12.6. The van der Waals surface area contributed by atoms with E-state index in [1.165, 1.54) is 18.4 Å². The fourth-order valence-corrected chi connectivity index (χ4v) is 6.67. The molecule has 10 nitrogen and oxygen atoms in total. The molecule has 0 aliphatic heterocycles. The molecule has 0 spiro atoms. The molecule has 0 atom stereocenters. The summed E-state index contributed by atoms with van der Waals surface area (Å²) in [6.45, 7) is -0.165. The number of carbonyl (C=O) groups excluding carboxylic acids is 1. The SMILES string of the molecule is COc1cccc(C(=O)Cn2c(=O)c3cc(C4CC4)sc3n(Cc3ccc(-c4ccccc4-c4noc(=O)[nH]4)cc3)c2=O)c1.[K]. The van der Waals surface area contributed by atoms with E-state index >= 15 is 0 Å². The van der Waals surface area contributed by atoms with Gasteiger partial charge in [-0.25, -0.2) is 9.59 Å². The molecule has 1 aliphatic carbocycles. The Kier molecular flexibility index (Phi) is 9.04. The first kappa shape index (κ1) is 31.3. The van der Waals surface area contributed by atoms with Gasteiger partial charge in [-0.2, -0.15) is 0 Å². The van der Waals surface area contributed by atoms with Crippen LogP contribution in [-0.4, -0.2) is 83.6 Å². The average Bonchev–Trinajstić information content (AvgIpc) is 3.66. The van der Waals surface area contributed by atoms with Gasteiger partial charge in [0.2, 0.25) is 0 Å². The van der Waals surface area contributed by atoms with Crippen molar-refractivity contribution in [3.63, 3.8) is 0 Å². The van der Waals surface area contributed by atoms with Crippen LogP contribution < -0.4 is 21.7 Å². The molecule has 1 fully saturated rings. The summed E-state index contributed by atoms with van der Waals surface area (Å²) >= 11 is 1.48. The molecule has 45 heavy (non-hydrogen) atoms. The Morgan fingerprint density at radius 2 is 1.73 bits per heavy atom. The maximum atomic E-state index is 13.9. The molecule has 221 valence electrons. The maximum Gasteiger partial charge on any atom is 0.439 e. The maximum absolute atomic E-state index is 13.9. The Balaban J connectivity index is 0.00000357. The number of fused-ring (bicyclic) bond motifs is 1. The van der Waals surface area contributed by atoms with Crippen molar-refractivity contribution in [1.29, 1.82) is 0 Å². The van der Waals surface area contributed by atoms with Crippen molar-refractivity contribution in [3.05, 3.63) is 126 Å². The quantitative estimate of drug-likeness (QED) is 0.179. The van der Waals surface area contributed by atoms with Crippen molar-refractivity contribution in [2.45, 2.75) is 31.8 Å². The molecular weight excluding hydrogens is 620 g/mol. The van der Waals surface area contributed by atoms with Crippen molar-refractivity contribution >= 4 is 78.7 Å². The number of carbonyl (C=O) groups is 1. The van der Waals surface area contributed by atoms with Crippen molar-refractivity contribution in [2.24, 2.45) is 0 Å². The minimum atomic E-state index is -0.633. The molecule has 7 rings (SSSR count). The summed E-state index contributed by atoms with van der Waals surface area (Å²) in [6, 6.07) is 23.8. The molecule has 1 saturated carbocycles. The van der Waals surface area contributed by atoms with E-state index in [-0.39, 0.29) is 70.3 Å². The van der Waals surface area contributed by atoms with Crippen molar-refractivity contribution in [2.75, 3.05) is 7.11 Å². The zero-order valence-electron chi connectivity index (χ0n) is 24.6. The second-order valence-corrected chi connectivity index (χ2v) is 11.8. The van der Waals surface area contributed by atoms with E-state index in [0.29, 0.717) is 38.8 Å². The first-order chi connectivity index (χ1) is 21.4. The van der Waals surface area contributed by atoms with Gasteiger partial charge in [0.15, 0.2) is 11.6 Å². The molecule has 0 amide bonds. The molecule has 1 N–H and O–H groups in total. The van der Waals surface area contributed by atoms with Gasteiger partial charge in [-0.05, 0) is 53.6 Å². The molecule has 1 aliphatic rings. The van der Waals surface area contributed by atoms with E-state index in [1.807, 2.05) is 54.6 Å². The third kappa shape index (κ3) is 6.26. The van der Waals surface area contributed by atoms with Gasteiger partial charge in [0.25, 0.3) is 5.56 Å². The number of ketones is 1. The van der Waals surface area contributed by atoms with Gasteiger partial charge in [-0.3, -0.25) is 28.2 Å². The van der Waals surface area contributed by atoms with E-state index in [1.54, 1.807) is 28.8 Å². The zero-order valence-corrected chi connectivity index (χ0v) is 28.6. The van der Waals surface area contributed by atoms with Crippen LogP contribution in [-0.2, 0) is 13.1 Å². The number of aromatic nitrogens is 4. The molecule has 0 unspecified atom stereocenters. The Bertz CT molecular complexity index is 2220. The van der Waals surface area contributed by atoms with Crippen LogP contribution in [0.5, 0.6) is 5.75 Å². The number of nitrogens with zero attached hydrogens (tertiary/aromatic N) is 3. The van der Waals surface area contributed by atoms with Gasteiger partial charge < -0.3 is 4.74 Å². The first-order valence-corrected chi connectivity index (χ1v) is 14.9. The Labute approximate surface area is 302 Å². The van der Waals surface area contributed by atoms with Crippen LogP contribution in [0.1, 0.15) is 39.6 Å². The van der Waals surface area contributed by atoms with E-state index in [2.05, 4.69) is 10.1 Å². The second-order valence-electron chi connectivity index (χ2n) is 10.7. The predicted molar refractivity (Wildman–Crippen MR) is 172 cm³/mol. The summed E-state index contributed by atoms with van der Waals surface area (Å²) in [7, 11) is 1.51. The van der Waals surface area contributed by atoms with Crippen molar-refractivity contribution < 1.29 is 14.1 Å². The molecule has 3 aromatic carbocycles. The smallest absolute Gasteiger partial charge is 0.439 e. The molecule has 6 aromatic rings. The van der Waals surface area contributed by atoms with Gasteiger partial charge in [0, 0.05) is 67.4 Å². The number of H-pyrrole nitrogens is 1. The number of rotatable bonds is 9. The van der Waals surface area contributed by atoms with Crippen LogP contribution in [0.15, 0.2) is 97.8 Å². The minimum absolute atomic E-state index is 0. The number of thiophene rings is 1. The van der Waals surface area contributed by atoms with Gasteiger partial charge in [-0.15, -0.1) is 11.3 Å². The fourth-order valence-electron chi connectivity index (χ4n) is 5.36. The van der Waals surface area contributed by atoms with Crippen LogP contribution in [0.2, 0.25) is 0 Å². The van der Waals surface area contributed by atoms with Gasteiger partial charge in [0.1, 0.15) is 10.6 Å². The summed E-state index contributed by atoms with van der Waals surface area (Å²) < 4.78 is 12.6. The standard InChI is InChI=1S/C33H26N4O6S.K/c1-42-23-6-4-5-22(15-23)27(38)18-36-30(39)26-16-28(21-13-14-21)44-31(26)37(33(36)41)17-19-9-11-20(12-10-19)24-7-2-3-8-25(24)29-34-32(40)43-35-29;/h2-12,15-16,21H,13-14,17-18H2,1H3,(H,34,35,40);. The Hall–Kier alpha value is -3.65. The summed E-state index contributed by atoms with van der Waals surface area (Å²) in [5.74, 6) is 0.262. The molecule has 1 radical (unpaired) electrons. The molecular formula is C33H26KN4O6S. The third-order valence-corrected chi connectivity index (χ3v) is 9.14. The number of benzene rings is 3. The third-order valence-electron chi connectivity index (χ3n) is 7.82. The van der Waals surface area contributed by atoms with Crippen molar-refractivity contribution in [3.8, 4) is 28.3 Å². The summed E-state index contributed by atoms with van der Waals surface area (Å²) in [6.07, 6.45) is 2.12. The molecule has 3 aromatic heterocycles. The molecule has 0 saturated heterocycles.